The molecule has 1 heterocycles. The number of carboxylic acids is 1. The fraction of sp³-hybridized carbons (Fsp3) is 0.200. The molecule has 19 heavy (non-hydrogen) atoms. The van der Waals surface area contributed by atoms with Crippen molar-refractivity contribution in [1.29, 1.82) is 0 Å². The lowest BCUT2D eigenvalue weighted by Gasteiger charge is -2.05. The van der Waals surface area contributed by atoms with E-state index in [1.165, 1.54) is 17.3 Å². The molecular formula is C15H16N2O2. The first-order valence-electron chi connectivity index (χ1n) is 6.09. The summed E-state index contributed by atoms with van der Waals surface area (Å²) in [5.74, 6) is -0.952. The maximum atomic E-state index is 10.7. The molecule has 2 aromatic rings. The fourth-order valence-corrected chi connectivity index (χ4v) is 1.81. The van der Waals surface area contributed by atoms with E-state index in [4.69, 9.17) is 5.11 Å². The van der Waals surface area contributed by atoms with Gasteiger partial charge in [-0.05, 0) is 24.6 Å². The van der Waals surface area contributed by atoms with Gasteiger partial charge in [0.1, 0.15) is 0 Å². The second-order valence-corrected chi connectivity index (χ2v) is 4.44. The highest BCUT2D eigenvalue weighted by Crippen LogP contribution is 2.04. The molecule has 0 saturated carbocycles. The number of hydrogen-bond acceptors (Lipinski definition) is 3. The quantitative estimate of drug-likeness (QED) is 0.862. The number of aromatic nitrogens is 1. The van der Waals surface area contributed by atoms with Gasteiger partial charge in [-0.15, -0.1) is 0 Å². The molecule has 4 nitrogen and oxygen atoms in total. The van der Waals surface area contributed by atoms with Gasteiger partial charge in [0, 0.05) is 19.3 Å². The zero-order valence-electron chi connectivity index (χ0n) is 10.8. The lowest BCUT2D eigenvalue weighted by atomic mass is 10.1. The minimum Gasteiger partial charge on any atom is -0.478 e. The molecule has 0 bridgehead atoms. The third-order valence-electron chi connectivity index (χ3n) is 2.79. The Kier molecular flexibility index (Phi) is 4.26. The van der Waals surface area contributed by atoms with E-state index >= 15 is 0 Å². The SMILES string of the molecule is Cc1cccc(CNCc2ccc(C(=O)O)cn2)c1. The van der Waals surface area contributed by atoms with Gasteiger partial charge in [0.15, 0.2) is 0 Å². The highest BCUT2D eigenvalue weighted by molar-refractivity contribution is 5.87. The molecule has 4 heteroatoms. The standard InChI is InChI=1S/C15H16N2O2/c1-11-3-2-4-12(7-11)8-16-10-14-6-5-13(9-17-14)15(18)19/h2-7,9,16H,8,10H2,1H3,(H,18,19). The zero-order valence-corrected chi connectivity index (χ0v) is 10.8. The second kappa shape index (κ2) is 6.11. The predicted octanol–water partition coefficient (Wildman–Crippen LogP) is 2.38. The van der Waals surface area contributed by atoms with E-state index in [1.807, 2.05) is 6.07 Å². The van der Waals surface area contributed by atoms with Crippen LogP contribution >= 0.6 is 0 Å². The lowest BCUT2D eigenvalue weighted by molar-refractivity contribution is 0.0696. The molecule has 0 unspecified atom stereocenters. The van der Waals surface area contributed by atoms with Crippen LogP contribution in [0.5, 0.6) is 0 Å². The summed E-state index contributed by atoms with van der Waals surface area (Å²) in [6, 6.07) is 11.6. The van der Waals surface area contributed by atoms with Crippen LogP contribution in [0, 0.1) is 6.92 Å². The summed E-state index contributed by atoms with van der Waals surface area (Å²) in [6.45, 7) is 3.45. The van der Waals surface area contributed by atoms with Crippen LogP contribution < -0.4 is 5.32 Å². The Hall–Kier alpha value is -2.20. The number of rotatable bonds is 5. The summed E-state index contributed by atoms with van der Waals surface area (Å²) < 4.78 is 0. The number of benzene rings is 1. The predicted molar refractivity (Wildman–Crippen MR) is 72.9 cm³/mol. The van der Waals surface area contributed by atoms with Gasteiger partial charge in [-0.3, -0.25) is 4.98 Å². The molecule has 0 amide bonds. The molecule has 0 aliphatic heterocycles. The number of hydrogen-bond donors (Lipinski definition) is 2. The number of aromatic carboxylic acids is 1. The third-order valence-corrected chi connectivity index (χ3v) is 2.79. The van der Waals surface area contributed by atoms with Crippen molar-refractivity contribution >= 4 is 5.97 Å². The topological polar surface area (TPSA) is 62.2 Å². The summed E-state index contributed by atoms with van der Waals surface area (Å²) in [7, 11) is 0. The molecule has 0 spiro atoms. The number of pyridine rings is 1. The minimum absolute atomic E-state index is 0.211. The van der Waals surface area contributed by atoms with Crippen LogP contribution in [0.1, 0.15) is 27.2 Å². The maximum Gasteiger partial charge on any atom is 0.337 e. The normalized spacial score (nSPS) is 10.4. The van der Waals surface area contributed by atoms with Gasteiger partial charge in [0.2, 0.25) is 0 Å². The molecule has 0 fully saturated rings. The number of nitrogens with one attached hydrogen (secondary N) is 1. The fourth-order valence-electron chi connectivity index (χ4n) is 1.81. The van der Waals surface area contributed by atoms with Gasteiger partial charge in [-0.1, -0.05) is 29.8 Å². The molecule has 2 rings (SSSR count). The Morgan fingerprint density at radius 1 is 1.26 bits per heavy atom. The van der Waals surface area contributed by atoms with E-state index < -0.39 is 5.97 Å². The Balaban J connectivity index is 1.87. The van der Waals surface area contributed by atoms with Crippen molar-refractivity contribution in [2.24, 2.45) is 0 Å². The number of nitrogens with zero attached hydrogens (tertiary/aromatic N) is 1. The Morgan fingerprint density at radius 2 is 2.11 bits per heavy atom. The smallest absolute Gasteiger partial charge is 0.337 e. The van der Waals surface area contributed by atoms with Gasteiger partial charge in [0.05, 0.1) is 11.3 Å². The van der Waals surface area contributed by atoms with Crippen molar-refractivity contribution in [1.82, 2.24) is 10.3 Å². The van der Waals surface area contributed by atoms with Crippen molar-refractivity contribution in [3.8, 4) is 0 Å². The van der Waals surface area contributed by atoms with Crippen molar-refractivity contribution < 1.29 is 9.90 Å². The van der Waals surface area contributed by atoms with E-state index in [0.29, 0.717) is 6.54 Å². The number of carbonyl (C=O) groups is 1. The number of carboxylic acid groups (broad SMARTS) is 1. The Morgan fingerprint density at radius 3 is 2.74 bits per heavy atom. The first kappa shape index (κ1) is 13.2. The highest BCUT2D eigenvalue weighted by Gasteiger charge is 2.02. The van der Waals surface area contributed by atoms with E-state index in [9.17, 15) is 4.79 Å². The van der Waals surface area contributed by atoms with Crippen molar-refractivity contribution in [2.45, 2.75) is 20.0 Å². The average Bonchev–Trinajstić information content (AvgIpc) is 2.39. The van der Waals surface area contributed by atoms with Crippen LogP contribution in [-0.2, 0) is 13.1 Å². The summed E-state index contributed by atoms with van der Waals surface area (Å²) in [6.07, 6.45) is 1.38. The summed E-state index contributed by atoms with van der Waals surface area (Å²) in [5.41, 5.74) is 3.51. The van der Waals surface area contributed by atoms with E-state index in [2.05, 4.69) is 35.4 Å². The molecule has 0 aliphatic rings. The molecule has 1 aromatic heterocycles. The summed E-state index contributed by atoms with van der Waals surface area (Å²) >= 11 is 0. The van der Waals surface area contributed by atoms with E-state index in [0.717, 1.165) is 12.2 Å². The van der Waals surface area contributed by atoms with Crippen LogP contribution in [0.2, 0.25) is 0 Å². The van der Waals surface area contributed by atoms with Crippen molar-refractivity contribution in [3.63, 3.8) is 0 Å². The molecule has 1 aromatic carbocycles. The van der Waals surface area contributed by atoms with Gasteiger partial charge in [0.25, 0.3) is 0 Å². The first-order chi connectivity index (χ1) is 9.15. The lowest BCUT2D eigenvalue weighted by Crippen LogP contribution is -2.14. The minimum atomic E-state index is -0.952. The monoisotopic (exact) mass is 256 g/mol. The van der Waals surface area contributed by atoms with Gasteiger partial charge in [-0.2, -0.15) is 0 Å². The summed E-state index contributed by atoms with van der Waals surface area (Å²) in [4.78, 5) is 14.8. The Labute approximate surface area is 112 Å². The molecule has 98 valence electrons. The molecule has 0 radical (unpaired) electrons. The first-order valence-corrected chi connectivity index (χ1v) is 6.09. The summed E-state index contributed by atoms with van der Waals surface area (Å²) in [5, 5.41) is 12.1. The third kappa shape index (κ3) is 3.89. The zero-order chi connectivity index (χ0) is 13.7. The number of aryl methyl sites for hydroxylation is 1. The second-order valence-electron chi connectivity index (χ2n) is 4.44. The van der Waals surface area contributed by atoms with Gasteiger partial charge in [-0.25, -0.2) is 4.79 Å². The molecule has 0 saturated heterocycles. The van der Waals surface area contributed by atoms with Crippen LogP contribution in [0.3, 0.4) is 0 Å². The molecule has 0 atom stereocenters. The van der Waals surface area contributed by atoms with Crippen LogP contribution in [0.25, 0.3) is 0 Å². The van der Waals surface area contributed by atoms with E-state index in [1.54, 1.807) is 12.1 Å². The van der Waals surface area contributed by atoms with Gasteiger partial charge >= 0.3 is 5.97 Å². The maximum absolute atomic E-state index is 10.7. The van der Waals surface area contributed by atoms with Crippen molar-refractivity contribution in [2.75, 3.05) is 0 Å². The largest absolute Gasteiger partial charge is 0.478 e. The van der Waals surface area contributed by atoms with E-state index in [-0.39, 0.29) is 5.56 Å². The molecule has 2 N–H and O–H groups in total. The highest BCUT2D eigenvalue weighted by atomic mass is 16.4. The average molecular weight is 256 g/mol. The molecular weight excluding hydrogens is 240 g/mol. The van der Waals surface area contributed by atoms with Gasteiger partial charge < -0.3 is 10.4 Å². The van der Waals surface area contributed by atoms with Crippen LogP contribution in [0.4, 0.5) is 0 Å². The van der Waals surface area contributed by atoms with Crippen LogP contribution in [-0.4, -0.2) is 16.1 Å². The molecule has 0 aliphatic carbocycles. The Bertz CT molecular complexity index is 565. The van der Waals surface area contributed by atoms with Crippen molar-refractivity contribution in [3.05, 3.63) is 65.0 Å². The van der Waals surface area contributed by atoms with Crippen LogP contribution in [0.15, 0.2) is 42.6 Å².